The average Bonchev–Trinajstić information content (AvgIpc) is 2.25. The lowest BCUT2D eigenvalue weighted by molar-refractivity contribution is 0.294. The van der Waals surface area contributed by atoms with E-state index in [1.54, 1.807) is 6.21 Å². The summed E-state index contributed by atoms with van der Waals surface area (Å²) in [6, 6.07) is 7.43. The largest absolute Gasteiger partial charge is 0.394 e. The van der Waals surface area contributed by atoms with Gasteiger partial charge in [0.25, 0.3) is 0 Å². The number of nitrogens with zero attached hydrogens (tertiary/aromatic N) is 1. The van der Waals surface area contributed by atoms with Crippen molar-refractivity contribution in [1.29, 1.82) is 0 Å². The van der Waals surface area contributed by atoms with Crippen LogP contribution in [0.5, 0.6) is 0 Å². The zero-order chi connectivity index (χ0) is 11.1. The molecule has 4 nitrogen and oxygen atoms in total. The molecule has 0 radical (unpaired) electrons. The lowest BCUT2D eigenvalue weighted by Gasteiger charge is -1.98. The van der Waals surface area contributed by atoms with Crippen LogP contribution in [0.15, 0.2) is 29.4 Å². The van der Waals surface area contributed by atoms with Crippen molar-refractivity contribution in [2.75, 3.05) is 13.2 Å². The fraction of sp³-hybridized carbons (Fsp3) is 0.200. The third kappa shape index (κ3) is 4.05. The highest BCUT2D eigenvalue weighted by Crippen LogP contribution is 2.01. The summed E-state index contributed by atoms with van der Waals surface area (Å²) in [6.07, 6.45) is 1.67. The van der Waals surface area contributed by atoms with Crippen LogP contribution < -0.4 is 11.2 Å². The molecule has 15 heavy (non-hydrogen) atoms. The third-order valence-electron chi connectivity index (χ3n) is 1.72. The predicted molar refractivity (Wildman–Crippen MR) is 65.0 cm³/mol. The van der Waals surface area contributed by atoms with Gasteiger partial charge in [-0.15, -0.1) is 0 Å². The zero-order valence-electron chi connectivity index (χ0n) is 8.18. The zero-order valence-corrected chi connectivity index (χ0v) is 9.00. The van der Waals surface area contributed by atoms with Gasteiger partial charge in [0.2, 0.25) is 0 Å². The summed E-state index contributed by atoms with van der Waals surface area (Å²) >= 11 is 4.83. The van der Waals surface area contributed by atoms with Gasteiger partial charge >= 0.3 is 0 Å². The predicted octanol–water partition coefficient (Wildman–Crippen LogP) is 0.237. The van der Waals surface area contributed by atoms with Gasteiger partial charge in [-0.05, 0) is 5.56 Å². The molecule has 0 aliphatic rings. The SMILES string of the molecule is NC(=S)c1ccc(C=NNCCO)cc1. The van der Waals surface area contributed by atoms with Crippen molar-refractivity contribution in [2.24, 2.45) is 10.8 Å². The van der Waals surface area contributed by atoms with Crippen LogP contribution in [0.4, 0.5) is 0 Å². The molecule has 0 atom stereocenters. The molecule has 4 N–H and O–H groups in total. The van der Waals surface area contributed by atoms with Crippen LogP contribution in [0.2, 0.25) is 0 Å². The van der Waals surface area contributed by atoms with E-state index in [4.69, 9.17) is 23.1 Å². The molecule has 0 aliphatic carbocycles. The molecule has 0 aliphatic heterocycles. The normalized spacial score (nSPS) is 10.5. The molecule has 1 aromatic carbocycles. The van der Waals surface area contributed by atoms with E-state index >= 15 is 0 Å². The quantitative estimate of drug-likeness (QED) is 0.289. The van der Waals surface area contributed by atoms with Gasteiger partial charge in [-0.2, -0.15) is 5.10 Å². The second-order valence-electron chi connectivity index (χ2n) is 2.88. The van der Waals surface area contributed by atoms with Crippen LogP contribution >= 0.6 is 12.2 Å². The smallest absolute Gasteiger partial charge is 0.103 e. The molecular formula is C10H13N3OS. The van der Waals surface area contributed by atoms with Gasteiger partial charge in [0.05, 0.1) is 19.4 Å². The molecule has 1 aromatic rings. The number of rotatable bonds is 5. The average molecular weight is 223 g/mol. The molecule has 0 heterocycles. The molecule has 0 saturated heterocycles. The molecule has 5 heteroatoms. The lowest BCUT2D eigenvalue weighted by atomic mass is 10.1. The van der Waals surface area contributed by atoms with E-state index in [9.17, 15) is 0 Å². The Morgan fingerprint density at radius 3 is 2.67 bits per heavy atom. The topological polar surface area (TPSA) is 70.6 Å². The number of hydrogen-bond acceptors (Lipinski definition) is 4. The number of aliphatic hydroxyl groups excluding tert-OH is 1. The Kier molecular flexibility index (Phi) is 4.73. The van der Waals surface area contributed by atoms with E-state index in [0.29, 0.717) is 11.5 Å². The maximum absolute atomic E-state index is 8.50. The summed E-state index contributed by atoms with van der Waals surface area (Å²) in [7, 11) is 0. The van der Waals surface area contributed by atoms with Gasteiger partial charge < -0.3 is 16.3 Å². The van der Waals surface area contributed by atoms with Crippen molar-refractivity contribution in [2.45, 2.75) is 0 Å². The molecule has 1 rings (SSSR count). The van der Waals surface area contributed by atoms with Crippen LogP contribution in [0, 0.1) is 0 Å². The highest BCUT2D eigenvalue weighted by atomic mass is 32.1. The summed E-state index contributed by atoms with van der Waals surface area (Å²) in [5.41, 5.74) is 9.93. The van der Waals surface area contributed by atoms with Gasteiger partial charge in [0, 0.05) is 5.56 Å². The minimum atomic E-state index is 0.0672. The summed E-state index contributed by atoms with van der Waals surface area (Å²) in [5.74, 6) is 0. The number of nitrogens with one attached hydrogen (secondary N) is 1. The van der Waals surface area contributed by atoms with Crippen molar-refractivity contribution < 1.29 is 5.11 Å². The summed E-state index contributed by atoms with van der Waals surface area (Å²) in [5, 5.41) is 12.4. The van der Waals surface area contributed by atoms with Crippen molar-refractivity contribution in [3.63, 3.8) is 0 Å². The van der Waals surface area contributed by atoms with Crippen LogP contribution in [-0.4, -0.2) is 29.5 Å². The highest BCUT2D eigenvalue weighted by Gasteiger charge is 1.94. The molecule has 0 unspecified atom stereocenters. The van der Waals surface area contributed by atoms with Crippen LogP contribution in [-0.2, 0) is 0 Å². The van der Waals surface area contributed by atoms with E-state index in [1.807, 2.05) is 24.3 Å². The Morgan fingerprint density at radius 1 is 1.47 bits per heavy atom. The van der Waals surface area contributed by atoms with Crippen molar-refractivity contribution in [3.05, 3.63) is 35.4 Å². The molecule has 0 bridgehead atoms. The maximum atomic E-state index is 8.50. The fourth-order valence-corrected chi connectivity index (χ4v) is 1.10. The molecule has 0 saturated carbocycles. The fourth-order valence-electron chi connectivity index (χ4n) is 0.968. The Bertz CT molecular complexity index is 348. The molecular weight excluding hydrogens is 210 g/mol. The third-order valence-corrected chi connectivity index (χ3v) is 1.96. The van der Waals surface area contributed by atoms with Crippen molar-refractivity contribution in [1.82, 2.24) is 5.43 Å². The van der Waals surface area contributed by atoms with Gasteiger partial charge in [-0.1, -0.05) is 36.5 Å². The van der Waals surface area contributed by atoms with E-state index in [2.05, 4.69) is 10.5 Å². The number of hydrogen-bond donors (Lipinski definition) is 3. The first-order valence-electron chi connectivity index (χ1n) is 4.50. The first-order chi connectivity index (χ1) is 7.24. The van der Waals surface area contributed by atoms with Crippen molar-refractivity contribution >= 4 is 23.4 Å². The molecule has 0 aromatic heterocycles. The number of benzene rings is 1. The van der Waals surface area contributed by atoms with E-state index in [-0.39, 0.29) is 6.61 Å². The Balaban J connectivity index is 2.56. The Labute approximate surface area is 93.8 Å². The summed E-state index contributed by atoms with van der Waals surface area (Å²) < 4.78 is 0. The number of nitrogens with two attached hydrogens (primary N) is 1. The summed E-state index contributed by atoms with van der Waals surface area (Å²) in [6.45, 7) is 0.513. The second kappa shape index (κ2) is 6.10. The van der Waals surface area contributed by atoms with Gasteiger partial charge in [-0.3, -0.25) is 0 Å². The van der Waals surface area contributed by atoms with Gasteiger partial charge in [0.15, 0.2) is 0 Å². The molecule has 0 amide bonds. The van der Waals surface area contributed by atoms with Crippen LogP contribution in [0.1, 0.15) is 11.1 Å². The minimum Gasteiger partial charge on any atom is -0.394 e. The Morgan fingerprint density at radius 2 is 2.13 bits per heavy atom. The standard InChI is InChI=1S/C10H13N3OS/c11-10(15)9-3-1-8(2-4-9)7-13-12-5-6-14/h1-4,7,12,14H,5-6H2,(H2,11,15). The van der Waals surface area contributed by atoms with Crippen LogP contribution in [0.3, 0.4) is 0 Å². The molecule has 0 fully saturated rings. The van der Waals surface area contributed by atoms with Crippen molar-refractivity contribution in [3.8, 4) is 0 Å². The first kappa shape index (κ1) is 11.6. The van der Waals surface area contributed by atoms with Gasteiger partial charge in [-0.25, -0.2) is 0 Å². The molecule has 80 valence electrons. The van der Waals surface area contributed by atoms with Gasteiger partial charge in [0.1, 0.15) is 4.99 Å². The Hall–Kier alpha value is -1.46. The monoisotopic (exact) mass is 223 g/mol. The second-order valence-corrected chi connectivity index (χ2v) is 3.32. The maximum Gasteiger partial charge on any atom is 0.103 e. The van der Waals surface area contributed by atoms with E-state index < -0.39 is 0 Å². The lowest BCUT2D eigenvalue weighted by Crippen LogP contribution is -2.11. The summed E-state index contributed by atoms with van der Waals surface area (Å²) in [4.78, 5) is 0.386. The number of aliphatic hydroxyl groups is 1. The number of thiocarbonyl (C=S) groups is 1. The van der Waals surface area contributed by atoms with E-state index in [1.165, 1.54) is 0 Å². The highest BCUT2D eigenvalue weighted by molar-refractivity contribution is 7.80. The first-order valence-corrected chi connectivity index (χ1v) is 4.91. The van der Waals surface area contributed by atoms with E-state index in [0.717, 1.165) is 11.1 Å². The molecule has 0 spiro atoms. The van der Waals surface area contributed by atoms with Crippen LogP contribution in [0.25, 0.3) is 0 Å². The number of hydrazone groups is 1. The minimum absolute atomic E-state index is 0.0672.